The summed E-state index contributed by atoms with van der Waals surface area (Å²) >= 11 is 0. The summed E-state index contributed by atoms with van der Waals surface area (Å²) in [6, 6.07) is 13.6. The van der Waals surface area contributed by atoms with Crippen LogP contribution in [0.25, 0.3) is 0 Å². The Balaban J connectivity index is 1.62. The maximum absolute atomic E-state index is 12.1. The maximum atomic E-state index is 12.1. The van der Waals surface area contributed by atoms with Crippen molar-refractivity contribution < 1.29 is 24.0 Å². The molecular formula is C18H15NO5. The molecule has 2 aromatic rings. The predicted molar refractivity (Wildman–Crippen MR) is 84.3 cm³/mol. The molecule has 24 heavy (non-hydrogen) atoms. The minimum absolute atomic E-state index is 0.215. The summed E-state index contributed by atoms with van der Waals surface area (Å²) in [5.41, 5.74) is 1.50. The van der Waals surface area contributed by atoms with Crippen molar-refractivity contribution in [2.75, 3.05) is 6.61 Å². The number of aryl methyl sites for hydroxylation is 1. The molecule has 0 N–H and O–H groups in total. The van der Waals surface area contributed by atoms with Gasteiger partial charge < -0.3 is 9.57 Å². The van der Waals surface area contributed by atoms with E-state index in [1.54, 1.807) is 18.2 Å². The molecule has 122 valence electrons. The fourth-order valence-electron chi connectivity index (χ4n) is 2.38. The van der Waals surface area contributed by atoms with Crippen molar-refractivity contribution in [2.24, 2.45) is 0 Å². The molecule has 0 aliphatic carbocycles. The quantitative estimate of drug-likeness (QED) is 0.789. The monoisotopic (exact) mass is 325 g/mol. The van der Waals surface area contributed by atoms with Gasteiger partial charge in [0.15, 0.2) is 6.61 Å². The fraction of sp³-hybridized carbons (Fsp3) is 0.167. The molecule has 1 heterocycles. The molecule has 1 aliphatic rings. The molecule has 6 heteroatoms. The molecular weight excluding hydrogens is 310 g/mol. The number of amides is 2. The average Bonchev–Trinajstić information content (AvgIpc) is 2.85. The van der Waals surface area contributed by atoms with Crippen LogP contribution in [-0.2, 0) is 16.1 Å². The van der Waals surface area contributed by atoms with Gasteiger partial charge in [-0.05, 0) is 36.2 Å². The van der Waals surface area contributed by atoms with E-state index in [0.717, 1.165) is 12.0 Å². The third kappa shape index (κ3) is 2.99. The zero-order valence-corrected chi connectivity index (χ0v) is 13.0. The van der Waals surface area contributed by atoms with E-state index in [-0.39, 0.29) is 11.1 Å². The Kier molecular flexibility index (Phi) is 4.29. The summed E-state index contributed by atoms with van der Waals surface area (Å²) in [7, 11) is 0. The summed E-state index contributed by atoms with van der Waals surface area (Å²) in [4.78, 5) is 40.9. The fourth-order valence-corrected chi connectivity index (χ4v) is 2.38. The van der Waals surface area contributed by atoms with Gasteiger partial charge in [0.05, 0.1) is 11.1 Å². The van der Waals surface area contributed by atoms with E-state index in [1.807, 2.05) is 25.1 Å². The maximum Gasteiger partial charge on any atom is 0.370 e. The van der Waals surface area contributed by atoms with Crippen LogP contribution in [0.15, 0.2) is 48.5 Å². The summed E-state index contributed by atoms with van der Waals surface area (Å²) in [5.74, 6) is -1.62. The van der Waals surface area contributed by atoms with Gasteiger partial charge in [-0.25, -0.2) is 4.79 Å². The number of hydrogen-bond donors (Lipinski definition) is 0. The van der Waals surface area contributed by atoms with Gasteiger partial charge in [0, 0.05) is 0 Å². The van der Waals surface area contributed by atoms with E-state index >= 15 is 0 Å². The Labute approximate surface area is 138 Å². The van der Waals surface area contributed by atoms with Crippen LogP contribution in [0.5, 0.6) is 5.75 Å². The number of benzene rings is 2. The van der Waals surface area contributed by atoms with Crippen LogP contribution in [0.2, 0.25) is 0 Å². The van der Waals surface area contributed by atoms with Gasteiger partial charge in [-0.2, -0.15) is 0 Å². The van der Waals surface area contributed by atoms with E-state index in [2.05, 4.69) is 0 Å². The van der Waals surface area contributed by atoms with E-state index < -0.39 is 24.4 Å². The topological polar surface area (TPSA) is 72.9 Å². The standard InChI is InChI=1S/C18H15NO5/c1-2-12-6-5-7-13(10-12)23-11-16(20)24-19-17(21)14-8-3-4-9-15(14)18(19)22/h3-10H,2,11H2,1H3. The van der Waals surface area contributed by atoms with Gasteiger partial charge >= 0.3 is 5.97 Å². The zero-order chi connectivity index (χ0) is 17.1. The molecule has 2 amide bonds. The van der Waals surface area contributed by atoms with Crippen LogP contribution in [0.1, 0.15) is 33.2 Å². The summed E-state index contributed by atoms with van der Waals surface area (Å²) in [6.45, 7) is 1.61. The molecule has 2 aromatic carbocycles. The van der Waals surface area contributed by atoms with Gasteiger partial charge in [0.1, 0.15) is 5.75 Å². The lowest BCUT2D eigenvalue weighted by Gasteiger charge is -2.13. The van der Waals surface area contributed by atoms with Crippen LogP contribution in [0.4, 0.5) is 0 Å². The van der Waals surface area contributed by atoms with Crippen molar-refractivity contribution in [1.82, 2.24) is 5.06 Å². The molecule has 0 radical (unpaired) electrons. The van der Waals surface area contributed by atoms with E-state index in [4.69, 9.17) is 9.57 Å². The number of rotatable bonds is 5. The highest BCUT2D eigenvalue weighted by atomic mass is 16.7. The smallest absolute Gasteiger partial charge is 0.370 e. The predicted octanol–water partition coefficient (Wildman–Crippen LogP) is 2.38. The lowest BCUT2D eigenvalue weighted by molar-refractivity contribution is -0.170. The number of hydroxylamine groups is 2. The molecule has 6 nitrogen and oxygen atoms in total. The van der Waals surface area contributed by atoms with Crippen molar-refractivity contribution in [1.29, 1.82) is 0 Å². The van der Waals surface area contributed by atoms with Gasteiger partial charge in [-0.3, -0.25) is 9.59 Å². The lowest BCUT2D eigenvalue weighted by atomic mass is 10.1. The second-order valence-corrected chi connectivity index (χ2v) is 5.20. The van der Waals surface area contributed by atoms with Crippen molar-refractivity contribution in [3.63, 3.8) is 0 Å². The Morgan fingerprint density at radius 2 is 1.67 bits per heavy atom. The average molecular weight is 325 g/mol. The van der Waals surface area contributed by atoms with Crippen molar-refractivity contribution in [2.45, 2.75) is 13.3 Å². The number of carbonyl (C=O) groups is 3. The molecule has 0 spiro atoms. The molecule has 0 saturated carbocycles. The Morgan fingerprint density at radius 3 is 2.29 bits per heavy atom. The number of ether oxygens (including phenoxy) is 1. The third-order valence-corrected chi connectivity index (χ3v) is 3.61. The van der Waals surface area contributed by atoms with E-state index in [0.29, 0.717) is 10.8 Å². The van der Waals surface area contributed by atoms with Crippen LogP contribution in [0, 0.1) is 0 Å². The molecule has 0 unspecified atom stereocenters. The van der Waals surface area contributed by atoms with Crippen LogP contribution in [0.3, 0.4) is 0 Å². The van der Waals surface area contributed by atoms with Gasteiger partial charge in [-0.15, -0.1) is 0 Å². The highest BCUT2D eigenvalue weighted by Crippen LogP contribution is 2.22. The SMILES string of the molecule is CCc1cccc(OCC(=O)ON2C(=O)c3ccccc3C2=O)c1. The number of imide groups is 1. The van der Waals surface area contributed by atoms with Crippen LogP contribution < -0.4 is 4.74 Å². The summed E-state index contributed by atoms with van der Waals surface area (Å²) < 4.78 is 5.34. The molecule has 0 atom stereocenters. The van der Waals surface area contributed by atoms with Gasteiger partial charge in [-0.1, -0.05) is 36.3 Å². The minimum Gasteiger partial charge on any atom is -0.482 e. The number of carbonyl (C=O) groups excluding carboxylic acids is 3. The van der Waals surface area contributed by atoms with Crippen molar-refractivity contribution in [3.8, 4) is 5.75 Å². The second kappa shape index (κ2) is 6.54. The minimum atomic E-state index is -0.827. The Hall–Kier alpha value is -3.15. The first-order valence-corrected chi connectivity index (χ1v) is 7.50. The van der Waals surface area contributed by atoms with E-state index in [1.165, 1.54) is 12.1 Å². The van der Waals surface area contributed by atoms with Crippen molar-refractivity contribution in [3.05, 3.63) is 65.2 Å². The number of fused-ring (bicyclic) bond motifs is 1. The van der Waals surface area contributed by atoms with Gasteiger partial charge in [0.2, 0.25) is 0 Å². The lowest BCUT2D eigenvalue weighted by Crippen LogP contribution is -2.34. The highest BCUT2D eigenvalue weighted by Gasteiger charge is 2.38. The zero-order valence-electron chi connectivity index (χ0n) is 13.0. The third-order valence-electron chi connectivity index (χ3n) is 3.61. The number of hydrogen-bond acceptors (Lipinski definition) is 5. The van der Waals surface area contributed by atoms with Crippen LogP contribution in [-0.4, -0.2) is 29.5 Å². The molecule has 0 fully saturated rings. The molecule has 1 aliphatic heterocycles. The first-order chi connectivity index (χ1) is 11.6. The largest absolute Gasteiger partial charge is 0.482 e. The first-order valence-electron chi connectivity index (χ1n) is 7.50. The summed E-state index contributed by atoms with van der Waals surface area (Å²) in [6.07, 6.45) is 0.844. The molecule has 3 rings (SSSR count). The van der Waals surface area contributed by atoms with E-state index in [9.17, 15) is 14.4 Å². The summed E-state index contributed by atoms with van der Waals surface area (Å²) in [5, 5.41) is 0.471. The van der Waals surface area contributed by atoms with Crippen LogP contribution >= 0.6 is 0 Å². The van der Waals surface area contributed by atoms with Crippen molar-refractivity contribution >= 4 is 17.8 Å². The van der Waals surface area contributed by atoms with Gasteiger partial charge in [0.25, 0.3) is 11.8 Å². The highest BCUT2D eigenvalue weighted by molar-refractivity contribution is 6.20. The molecule has 0 aromatic heterocycles. The molecule has 0 bridgehead atoms. The number of nitrogens with zero attached hydrogens (tertiary/aromatic N) is 1. The molecule has 0 saturated heterocycles. The Bertz CT molecular complexity index is 780. The Morgan fingerprint density at radius 1 is 1.00 bits per heavy atom. The first kappa shape index (κ1) is 15.7. The second-order valence-electron chi connectivity index (χ2n) is 5.20. The normalized spacial score (nSPS) is 13.0.